The third-order valence-electron chi connectivity index (χ3n) is 3.88. The molecule has 4 aromatic rings. The molecular weight excluding hydrogens is 324 g/mol. The van der Waals surface area contributed by atoms with Crippen LogP contribution in [-0.2, 0) is 0 Å². The Bertz CT molecular complexity index is 949. The first kappa shape index (κ1) is 12.7. The van der Waals surface area contributed by atoms with Crippen molar-refractivity contribution in [2.75, 3.05) is 0 Å². The highest BCUT2D eigenvalue weighted by atomic mass is 79.9. The maximum Gasteiger partial charge on any atom is 0.135 e. The smallest absolute Gasteiger partial charge is 0.135 e. The molecule has 0 unspecified atom stereocenters. The van der Waals surface area contributed by atoms with E-state index in [1.807, 2.05) is 12.3 Å². The normalized spacial score (nSPS) is 11.3. The zero-order valence-electron chi connectivity index (χ0n) is 11.6. The summed E-state index contributed by atoms with van der Waals surface area (Å²) in [5.74, 6) is 0. The van der Waals surface area contributed by atoms with E-state index in [1.165, 1.54) is 27.3 Å². The van der Waals surface area contributed by atoms with Crippen LogP contribution >= 0.6 is 15.9 Å². The minimum atomic E-state index is 0.931. The van der Waals surface area contributed by atoms with Crippen LogP contribution in [-0.4, -0.2) is 0 Å². The quantitative estimate of drug-likeness (QED) is 0.396. The monoisotopic (exact) mass is 336 g/mol. The summed E-state index contributed by atoms with van der Waals surface area (Å²) in [4.78, 5) is 0. The van der Waals surface area contributed by atoms with Crippen LogP contribution in [0.4, 0.5) is 0 Å². The molecule has 0 amide bonds. The van der Waals surface area contributed by atoms with Crippen LogP contribution < -0.4 is 0 Å². The van der Waals surface area contributed by atoms with E-state index in [0.717, 1.165) is 15.6 Å². The number of benzene rings is 3. The standard InChI is InChI=1S/C19H13BrO/c1-12-2-4-13(5-3-12)17-11-21-18-9-6-14-10-15(20)7-8-16(14)19(17)18/h2-11H,1H3. The second-order valence-corrected chi connectivity index (χ2v) is 6.24. The number of furan rings is 1. The van der Waals surface area contributed by atoms with Gasteiger partial charge in [0.25, 0.3) is 0 Å². The van der Waals surface area contributed by atoms with E-state index in [0.29, 0.717) is 0 Å². The first-order valence-corrected chi connectivity index (χ1v) is 7.68. The number of halogens is 1. The Morgan fingerprint density at radius 1 is 0.905 bits per heavy atom. The molecule has 0 bridgehead atoms. The zero-order chi connectivity index (χ0) is 14.4. The van der Waals surface area contributed by atoms with Crippen LogP contribution in [0.25, 0.3) is 32.9 Å². The van der Waals surface area contributed by atoms with Gasteiger partial charge in [0.05, 0.1) is 6.26 Å². The number of aryl methyl sites for hydroxylation is 1. The Labute approximate surface area is 131 Å². The van der Waals surface area contributed by atoms with Crippen molar-refractivity contribution in [2.45, 2.75) is 6.92 Å². The van der Waals surface area contributed by atoms with E-state index in [-0.39, 0.29) is 0 Å². The molecule has 102 valence electrons. The summed E-state index contributed by atoms with van der Waals surface area (Å²) in [6, 6.07) is 19.1. The number of hydrogen-bond donors (Lipinski definition) is 0. The molecule has 0 aliphatic heterocycles. The van der Waals surface area contributed by atoms with Crippen LogP contribution in [0.1, 0.15) is 5.56 Å². The molecule has 0 atom stereocenters. The molecule has 1 heterocycles. The molecule has 0 aliphatic carbocycles. The van der Waals surface area contributed by atoms with Crippen molar-refractivity contribution >= 4 is 37.7 Å². The van der Waals surface area contributed by atoms with Crippen molar-refractivity contribution < 1.29 is 4.42 Å². The van der Waals surface area contributed by atoms with Gasteiger partial charge in [-0.15, -0.1) is 0 Å². The largest absolute Gasteiger partial charge is 0.464 e. The Kier molecular flexibility index (Phi) is 2.86. The summed E-state index contributed by atoms with van der Waals surface area (Å²) in [5, 5.41) is 3.62. The topological polar surface area (TPSA) is 13.1 Å². The average molecular weight is 337 g/mol. The lowest BCUT2D eigenvalue weighted by atomic mass is 9.99. The van der Waals surface area contributed by atoms with Gasteiger partial charge in [-0.3, -0.25) is 0 Å². The van der Waals surface area contributed by atoms with Gasteiger partial charge in [0.1, 0.15) is 5.58 Å². The van der Waals surface area contributed by atoms with Crippen molar-refractivity contribution in [3.05, 3.63) is 70.9 Å². The Morgan fingerprint density at radius 2 is 1.71 bits per heavy atom. The highest BCUT2D eigenvalue weighted by Crippen LogP contribution is 2.36. The lowest BCUT2D eigenvalue weighted by molar-refractivity contribution is 0.617. The third-order valence-corrected chi connectivity index (χ3v) is 4.37. The maximum atomic E-state index is 5.76. The molecule has 2 heteroatoms. The Hall–Kier alpha value is -2.06. The molecule has 21 heavy (non-hydrogen) atoms. The fourth-order valence-corrected chi connectivity index (χ4v) is 3.16. The van der Waals surface area contributed by atoms with Gasteiger partial charge < -0.3 is 4.42 Å². The van der Waals surface area contributed by atoms with E-state index in [2.05, 4.69) is 71.4 Å². The minimum absolute atomic E-state index is 0.931. The van der Waals surface area contributed by atoms with Gasteiger partial charge in [-0.1, -0.05) is 57.9 Å². The highest BCUT2D eigenvalue weighted by Gasteiger charge is 2.11. The summed E-state index contributed by atoms with van der Waals surface area (Å²) in [6.45, 7) is 2.10. The molecule has 1 nitrogen and oxygen atoms in total. The molecule has 0 saturated heterocycles. The van der Waals surface area contributed by atoms with Crippen molar-refractivity contribution in [1.82, 2.24) is 0 Å². The SMILES string of the molecule is Cc1ccc(-c2coc3ccc4cc(Br)ccc4c23)cc1. The van der Waals surface area contributed by atoms with E-state index in [9.17, 15) is 0 Å². The molecule has 0 N–H and O–H groups in total. The predicted octanol–water partition coefficient (Wildman–Crippen LogP) is 6.32. The molecule has 0 aliphatic rings. The van der Waals surface area contributed by atoms with E-state index in [4.69, 9.17) is 4.42 Å². The van der Waals surface area contributed by atoms with Gasteiger partial charge in [-0.05, 0) is 41.5 Å². The summed E-state index contributed by atoms with van der Waals surface area (Å²) >= 11 is 3.54. The minimum Gasteiger partial charge on any atom is -0.464 e. The molecular formula is C19H13BrO. The lowest BCUT2D eigenvalue weighted by Gasteiger charge is -2.04. The molecule has 3 aromatic carbocycles. The van der Waals surface area contributed by atoms with Gasteiger partial charge in [-0.2, -0.15) is 0 Å². The van der Waals surface area contributed by atoms with Crippen LogP contribution in [0.15, 0.2) is 69.8 Å². The van der Waals surface area contributed by atoms with Crippen molar-refractivity contribution in [3.63, 3.8) is 0 Å². The van der Waals surface area contributed by atoms with E-state index in [1.54, 1.807) is 0 Å². The molecule has 0 saturated carbocycles. The molecule has 4 rings (SSSR count). The lowest BCUT2D eigenvalue weighted by Crippen LogP contribution is -1.79. The summed E-state index contributed by atoms with van der Waals surface area (Å²) in [7, 11) is 0. The Balaban J connectivity index is 2.08. The second kappa shape index (κ2) is 4.74. The average Bonchev–Trinajstić information content (AvgIpc) is 2.92. The Morgan fingerprint density at radius 3 is 2.52 bits per heavy atom. The molecule has 0 radical (unpaired) electrons. The zero-order valence-corrected chi connectivity index (χ0v) is 13.1. The maximum absolute atomic E-state index is 5.76. The molecule has 0 fully saturated rings. The van der Waals surface area contributed by atoms with E-state index < -0.39 is 0 Å². The summed E-state index contributed by atoms with van der Waals surface area (Å²) in [6.07, 6.45) is 1.86. The fraction of sp³-hybridized carbons (Fsp3) is 0.0526. The first-order valence-electron chi connectivity index (χ1n) is 6.89. The highest BCUT2D eigenvalue weighted by molar-refractivity contribution is 9.10. The van der Waals surface area contributed by atoms with Crippen molar-refractivity contribution in [1.29, 1.82) is 0 Å². The summed E-state index contributed by atoms with van der Waals surface area (Å²) < 4.78 is 6.85. The van der Waals surface area contributed by atoms with Crippen LogP contribution in [0, 0.1) is 6.92 Å². The van der Waals surface area contributed by atoms with Gasteiger partial charge in [0.2, 0.25) is 0 Å². The van der Waals surface area contributed by atoms with Gasteiger partial charge >= 0.3 is 0 Å². The molecule has 0 spiro atoms. The van der Waals surface area contributed by atoms with Gasteiger partial charge in [0, 0.05) is 15.4 Å². The number of fused-ring (bicyclic) bond motifs is 3. The fourth-order valence-electron chi connectivity index (χ4n) is 2.78. The summed E-state index contributed by atoms with van der Waals surface area (Å²) in [5.41, 5.74) is 4.54. The van der Waals surface area contributed by atoms with Crippen LogP contribution in [0.5, 0.6) is 0 Å². The third kappa shape index (κ3) is 2.07. The van der Waals surface area contributed by atoms with Gasteiger partial charge in [0.15, 0.2) is 0 Å². The van der Waals surface area contributed by atoms with Crippen molar-refractivity contribution in [3.8, 4) is 11.1 Å². The second-order valence-electron chi connectivity index (χ2n) is 5.32. The van der Waals surface area contributed by atoms with E-state index >= 15 is 0 Å². The first-order chi connectivity index (χ1) is 10.2. The molecule has 1 aromatic heterocycles. The predicted molar refractivity (Wildman–Crippen MR) is 91.6 cm³/mol. The number of rotatable bonds is 1. The van der Waals surface area contributed by atoms with Crippen molar-refractivity contribution in [2.24, 2.45) is 0 Å². The van der Waals surface area contributed by atoms with Gasteiger partial charge in [-0.25, -0.2) is 0 Å². The van der Waals surface area contributed by atoms with Crippen LogP contribution in [0.3, 0.4) is 0 Å². The van der Waals surface area contributed by atoms with Crippen LogP contribution in [0.2, 0.25) is 0 Å². The number of hydrogen-bond acceptors (Lipinski definition) is 1.